The number of nitrogens with zero attached hydrogens (tertiary/aromatic N) is 2. The Morgan fingerprint density at radius 1 is 0.882 bits per heavy atom. The van der Waals surface area contributed by atoms with Gasteiger partial charge >= 0.3 is 0 Å². The van der Waals surface area contributed by atoms with Crippen molar-refractivity contribution in [3.8, 4) is 0 Å². The Balaban J connectivity index is 1.06. The van der Waals surface area contributed by atoms with E-state index in [0.29, 0.717) is 22.2 Å². The zero-order chi connectivity index (χ0) is 23.5. The fourth-order valence-corrected chi connectivity index (χ4v) is 5.00. The molecule has 1 aliphatic rings. The SMILES string of the molecule is O=C(NCCCCN1CCN(c2cccc(Cl)c2Cl)CC1)c1ccc2oc3ccccc3c2c1. The summed E-state index contributed by atoms with van der Waals surface area (Å²) < 4.78 is 5.85. The second-order valence-electron chi connectivity index (χ2n) is 8.67. The zero-order valence-electron chi connectivity index (χ0n) is 18.9. The van der Waals surface area contributed by atoms with Crippen LogP contribution in [0.2, 0.25) is 10.0 Å². The Morgan fingerprint density at radius 3 is 2.53 bits per heavy atom. The van der Waals surface area contributed by atoms with Crippen LogP contribution in [0.5, 0.6) is 0 Å². The third-order valence-corrected chi connectivity index (χ3v) is 7.28. The fraction of sp³-hybridized carbons (Fsp3) is 0.296. The second kappa shape index (κ2) is 10.3. The Morgan fingerprint density at radius 2 is 1.68 bits per heavy atom. The van der Waals surface area contributed by atoms with Crippen LogP contribution in [0.4, 0.5) is 5.69 Å². The molecular formula is C27H27Cl2N3O2. The monoisotopic (exact) mass is 495 g/mol. The van der Waals surface area contributed by atoms with Crippen LogP contribution in [-0.4, -0.2) is 50.1 Å². The van der Waals surface area contributed by atoms with E-state index in [4.69, 9.17) is 27.6 Å². The molecule has 2 heterocycles. The molecule has 0 radical (unpaired) electrons. The van der Waals surface area contributed by atoms with Crippen molar-refractivity contribution < 1.29 is 9.21 Å². The normalized spacial score (nSPS) is 14.7. The largest absolute Gasteiger partial charge is 0.456 e. The van der Waals surface area contributed by atoms with Crippen molar-refractivity contribution in [3.05, 3.63) is 76.3 Å². The number of carbonyl (C=O) groups is 1. The summed E-state index contributed by atoms with van der Waals surface area (Å²) in [7, 11) is 0. The van der Waals surface area contributed by atoms with Gasteiger partial charge in [-0.3, -0.25) is 9.69 Å². The number of piperazine rings is 1. The van der Waals surface area contributed by atoms with Crippen molar-refractivity contribution in [2.24, 2.45) is 0 Å². The van der Waals surface area contributed by atoms with Crippen molar-refractivity contribution in [2.75, 3.05) is 44.2 Å². The predicted molar refractivity (Wildman–Crippen MR) is 140 cm³/mol. The third kappa shape index (κ3) is 4.88. The summed E-state index contributed by atoms with van der Waals surface area (Å²) in [6.45, 7) is 5.55. The molecule has 0 spiro atoms. The molecule has 0 atom stereocenters. The summed E-state index contributed by atoms with van der Waals surface area (Å²) in [4.78, 5) is 17.4. The minimum absolute atomic E-state index is 0.0424. The molecule has 7 heteroatoms. The number of para-hydroxylation sites is 1. The lowest BCUT2D eigenvalue weighted by molar-refractivity contribution is 0.0952. The summed E-state index contributed by atoms with van der Waals surface area (Å²) in [5.41, 5.74) is 3.31. The zero-order valence-corrected chi connectivity index (χ0v) is 20.4. The summed E-state index contributed by atoms with van der Waals surface area (Å²) in [6.07, 6.45) is 1.99. The highest BCUT2D eigenvalue weighted by molar-refractivity contribution is 6.43. The Bertz CT molecular complexity index is 1310. The molecule has 1 fully saturated rings. The first kappa shape index (κ1) is 23.0. The van der Waals surface area contributed by atoms with Crippen LogP contribution < -0.4 is 10.2 Å². The molecule has 1 N–H and O–H groups in total. The van der Waals surface area contributed by atoms with E-state index in [1.54, 1.807) is 0 Å². The number of rotatable bonds is 7. The standard InChI is InChI=1S/C27H27Cl2N3O2/c28-22-7-5-8-23(26(22)29)32-16-14-31(15-17-32)13-4-3-12-30-27(33)19-10-11-25-21(18-19)20-6-1-2-9-24(20)34-25/h1-2,5-11,18H,3-4,12-17H2,(H,30,33). The Kier molecular flexibility index (Phi) is 6.95. The van der Waals surface area contributed by atoms with E-state index < -0.39 is 0 Å². The molecular weight excluding hydrogens is 469 g/mol. The highest BCUT2D eigenvalue weighted by Gasteiger charge is 2.19. The van der Waals surface area contributed by atoms with Gasteiger partial charge in [0.15, 0.2) is 0 Å². The Hall–Kier alpha value is -2.73. The number of nitrogens with one attached hydrogen (secondary N) is 1. The number of carbonyl (C=O) groups excluding carboxylic acids is 1. The molecule has 5 rings (SSSR count). The number of unbranched alkanes of at least 4 members (excludes halogenated alkanes) is 1. The molecule has 0 aliphatic carbocycles. The van der Waals surface area contributed by atoms with Crippen molar-refractivity contribution in [1.29, 1.82) is 0 Å². The molecule has 34 heavy (non-hydrogen) atoms. The summed E-state index contributed by atoms with van der Waals surface area (Å²) in [6, 6.07) is 19.3. The first-order valence-corrected chi connectivity index (χ1v) is 12.5. The van der Waals surface area contributed by atoms with Gasteiger partial charge in [0.05, 0.1) is 15.7 Å². The van der Waals surface area contributed by atoms with Crippen LogP contribution >= 0.6 is 23.2 Å². The van der Waals surface area contributed by atoms with Gasteiger partial charge in [-0.15, -0.1) is 0 Å². The van der Waals surface area contributed by atoms with Gasteiger partial charge in [0.2, 0.25) is 0 Å². The van der Waals surface area contributed by atoms with Crippen LogP contribution in [0.15, 0.2) is 65.1 Å². The van der Waals surface area contributed by atoms with Crippen molar-refractivity contribution in [2.45, 2.75) is 12.8 Å². The van der Waals surface area contributed by atoms with E-state index in [2.05, 4.69) is 15.1 Å². The van der Waals surface area contributed by atoms with Crippen molar-refractivity contribution >= 4 is 56.7 Å². The lowest BCUT2D eigenvalue weighted by atomic mass is 10.1. The molecule has 0 unspecified atom stereocenters. The molecule has 0 saturated carbocycles. The van der Waals surface area contributed by atoms with Crippen molar-refractivity contribution in [1.82, 2.24) is 10.2 Å². The van der Waals surface area contributed by atoms with Crippen LogP contribution in [0.3, 0.4) is 0 Å². The number of furan rings is 1. The molecule has 1 aromatic heterocycles. The predicted octanol–water partition coefficient (Wildman–Crippen LogP) is 6.23. The summed E-state index contributed by atoms with van der Waals surface area (Å²) >= 11 is 12.5. The summed E-state index contributed by atoms with van der Waals surface area (Å²) in [5, 5.41) is 6.30. The molecule has 1 saturated heterocycles. The van der Waals surface area contributed by atoms with Gasteiger partial charge < -0.3 is 14.6 Å². The number of hydrogen-bond donors (Lipinski definition) is 1. The highest BCUT2D eigenvalue weighted by Crippen LogP contribution is 2.33. The first-order valence-electron chi connectivity index (χ1n) is 11.7. The van der Waals surface area contributed by atoms with E-state index in [9.17, 15) is 4.79 Å². The van der Waals surface area contributed by atoms with Gasteiger partial charge in [-0.1, -0.05) is 47.5 Å². The minimum atomic E-state index is -0.0424. The maximum atomic E-state index is 12.7. The number of hydrogen-bond acceptors (Lipinski definition) is 4. The fourth-order valence-electron chi connectivity index (χ4n) is 4.58. The topological polar surface area (TPSA) is 48.7 Å². The maximum Gasteiger partial charge on any atom is 0.251 e. The summed E-state index contributed by atoms with van der Waals surface area (Å²) in [5.74, 6) is -0.0424. The molecule has 1 aliphatic heterocycles. The van der Waals surface area contributed by atoms with Gasteiger partial charge in [-0.05, 0) is 55.8 Å². The second-order valence-corrected chi connectivity index (χ2v) is 9.46. The number of halogens is 2. The molecule has 1 amide bonds. The third-order valence-electron chi connectivity index (χ3n) is 6.47. The molecule has 0 bridgehead atoms. The minimum Gasteiger partial charge on any atom is -0.456 e. The van der Waals surface area contributed by atoms with Gasteiger partial charge in [0, 0.05) is 49.1 Å². The molecule has 3 aromatic carbocycles. The van der Waals surface area contributed by atoms with Crippen LogP contribution in [-0.2, 0) is 0 Å². The lowest BCUT2D eigenvalue weighted by Gasteiger charge is -2.36. The number of amides is 1. The highest BCUT2D eigenvalue weighted by atomic mass is 35.5. The lowest BCUT2D eigenvalue weighted by Crippen LogP contribution is -2.46. The van der Waals surface area contributed by atoms with Crippen LogP contribution in [0.1, 0.15) is 23.2 Å². The average molecular weight is 496 g/mol. The maximum absolute atomic E-state index is 12.7. The van der Waals surface area contributed by atoms with E-state index in [-0.39, 0.29) is 5.91 Å². The van der Waals surface area contributed by atoms with Gasteiger partial charge in [0.1, 0.15) is 11.2 Å². The van der Waals surface area contributed by atoms with Gasteiger partial charge in [-0.2, -0.15) is 0 Å². The van der Waals surface area contributed by atoms with E-state index in [0.717, 1.165) is 73.2 Å². The van der Waals surface area contributed by atoms with E-state index in [1.807, 2.05) is 60.7 Å². The average Bonchev–Trinajstić information content (AvgIpc) is 3.24. The van der Waals surface area contributed by atoms with Gasteiger partial charge in [0.25, 0.3) is 5.91 Å². The number of benzene rings is 3. The van der Waals surface area contributed by atoms with E-state index in [1.165, 1.54) is 0 Å². The molecule has 176 valence electrons. The number of fused-ring (bicyclic) bond motifs is 3. The quantitative estimate of drug-likeness (QED) is 0.309. The first-order chi connectivity index (χ1) is 16.6. The number of anilines is 1. The Labute approximate surface area is 209 Å². The molecule has 5 nitrogen and oxygen atoms in total. The molecule has 4 aromatic rings. The van der Waals surface area contributed by atoms with Crippen LogP contribution in [0.25, 0.3) is 21.9 Å². The van der Waals surface area contributed by atoms with Gasteiger partial charge in [-0.25, -0.2) is 0 Å². The smallest absolute Gasteiger partial charge is 0.251 e. The van der Waals surface area contributed by atoms with E-state index >= 15 is 0 Å². The van der Waals surface area contributed by atoms with Crippen LogP contribution in [0, 0.1) is 0 Å². The van der Waals surface area contributed by atoms with Crippen molar-refractivity contribution in [3.63, 3.8) is 0 Å².